The van der Waals surface area contributed by atoms with Crippen molar-refractivity contribution in [3.63, 3.8) is 0 Å². The number of nitrogens with one attached hydrogen (secondary N) is 2. The zero-order chi connectivity index (χ0) is 23.6. The van der Waals surface area contributed by atoms with Gasteiger partial charge in [0.05, 0.1) is 12.6 Å². The average molecular weight is 478 g/mol. The van der Waals surface area contributed by atoms with Gasteiger partial charge in [-0.3, -0.25) is 4.79 Å². The molecular weight excluding hydrogens is 455 g/mol. The third-order valence-electron chi connectivity index (χ3n) is 5.78. The number of benzene rings is 2. The molecule has 1 aliphatic rings. The number of halogens is 4. The van der Waals surface area contributed by atoms with E-state index in [1.807, 2.05) is 0 Å². The summed E-state index contributed by atoms with van der Waals surface area (Å²) in [4.78, 5) is 16.4. The van der Waals surface area contributed by atoms with Gasteiger partial charge in [-0.2, -0.15) is 13.2 Å². The number of hydrogen-bond acceptors (Lipinski definition) is 4. The van der Waals surface area contributed by atoms with Crippen LogP contribution in [0.2, 0.25) is 5.02 Å². The van der Waals surface area contributed by atoms with E-state index in [-0.39, 0.29) is 23.5 Å². The molecular formula is C24H23ClF3N3O2. The number of amides is 1. The normalized spacial score (nSPS) is 18.7. The smallest absolute Gasteiger partial charge is 0.433 e. The predicted octanol–water partition coefficient (Wildman–Crippen LogP) is 6.07. The lowest BCUT2D eigenvalue weighted by molar-refractivity contribution is -0.140. The van der Waals surface area contributed by atoms with E-state index in [2.05, 4.69) is 15.6 Å². The number of anilines is 1. The maximum atomic E-state index is 13.4. The zero-order valence-electron chi connectivity index (χ0n) is 17.9. The number of methoxy groups -OCH3 is 1. The van der Waals surface area contributed by atoms with Crippen LogP contribution in [-0.2, 0) is 6.18 Å². The summed E-state index contributed by atoms with van der Waals surface area (Å²) in [5, 5.41) is 7.24. The molecule has 9 heteroatoms. The zero-order valence-corrected chi connectivity index (χ0v) is 18.6. The Kier molecular flexibility index (Phi) is 6.65. The van der Waals surface area contributed by atoms with E-state index in [0.29, 0.717) is 33.8 Å². The lowest BCUT2D eigenvalue weighted by atomic mass is 9.90. The molecule has 0 unspecified atom stereocenters. The van der Waals surface area contributed by atoms with E-state index in [4.69, 9.17) is 16.3 Å². The summed E-state index contributed by atoms with van der Waals surface area (Å²) < 4.78 is 45.3. The van der Waals surface area contributed by atoms with E-state index in [1.54, 1.807) is 37.4 Å². The first-order valence-corrected chi connectivity index (χ1v) is 11.0. The molecule has 1 fully saturated rings. The van der Waals surface area contributed by atoms with Gasteiger partial charge in [-0.25, -0.2) is 4.98 Å². The van der Waals surface area contributed by atoms with Crippen molar-refractivity contribution in [1.82, 2.24) is 10.3 Å². The van der Waals surface area contributed by atoms with Crippen molar-refractivity contribution in [2.45, 2.75) is 43.9 Å². The predicted molar refractivity (Wildman–Crippen MR) is 122 cm³/mol. The Morgan fingerprint density at radius 3 is 2.52 bits per heavy atom. The Morgan fingerprint density at radius 1 is 1.09 bits per heavy atom. The monoisotopic (exact) mass is 477 g/mol. The number of hydrogen-bond donors (Lipinski definition) is 2. The minimum atomic E-state index is -4.56. The lowest BCUT2D eigenvalue weighted by Gasteiger charge is -2.31. The van der Waals surface area contributed by atoms with Gasteiger partial charge in [0.1, 0.15) is 11.4 Å². The standard InChI is InChI=1S/C24H23ClF3N3O2/c1-33-18-8-5-14(6-9-18)23(32)30-17-4-2-3-16(12-17)29-21-13-22(24(26,27)28)31-20-10-7-15(25)11-19(20)21/h5-11,13,16-17H,2-4,12H2,1H3,(H,29,31)(H,30,32)/t16-,17-/m0/s1. The first-order valence-electron chi connectivity index (χ1n) is 10.6. The van der Waals surface area contributed by atoms with Gasteiger partial charge in [-0.05, 0) is 74.2 Å². The number of pyridine rings is 1. The molecule has 174 valence electrons. The molecule has 1 amide bonds. The molecule has 0 bridgehead atoms. The van der Waals surface area contributed by atoms with Gasteiger partial charge in [-0.15, -0.1) is 0 Å². The molecule has 33 heavy (non-hydrogen) atoms. The largest absolute Gasteiger partial charge is 0.497 e. The van der Waals surface area contributed by atoms with Gasteiger partial charge in [0.25, 0.3) is 5.91 Å². The highest BCUT2D eigenvalue weighted by molar-refractivity contribution is 6.31. The van der Waals surface area contributed by atoms with Crippen LogP contribution in [0.1, 0.15) is 41.7 Å². The highest BCUT2D eigenvalue weighted by atomic mass is 35.5. The third kappa shape index (κ3) is 5.50. The molecule has 5 nitrogen and oxygen atoms in total. The first-order chi connectivity index (χ1) is 15.7. The molecule has 1 heterocycles. The van der Waals surface area contributed by atoms with Gasteiger partial charge in [-0.1, -0.05) is 11.6 Å². The van der Waals surface area contributed by atoms with Crippen LogP contribution >= 0.6 is 11.6 Å². The van der Waals surface area contributed by atoms with Gasteiger partial charge < -0.3 is 15.4 Å². The summed E-state index contributed by atoms with van der Waals surface area (Å²) in [6.45, 7) is 0. The molecule has 1 saturated carbocycles. The highest BCUT2D eigenvalue weighted by Crippen LogP contribution is 2.35. The molecule has 0 spiro atoms. The SMILES string of the molecule is COc1ccc(C(=O)N[C@H]2CCC[C@H](Nc3cc(C(F)(F)F)nc4ccc(Cl)cc34)C2)cc1. The first kappa shape index (κ1) is 23.2. The number of carbonyl (C=O) groups excluding carboxylic acids is 1. The average Bonchev–Trinajstić information content (AvgIpc) is 2.79. The van der Waals surface area contributed by atoms with Gasteiger partial charge in [0.2, 0.25) is 0 Å². The quantitative estimate of drug-likeness (QED) is 0.468. The second kappa shape index (κ2) is 9.47. The van der Waals surface area contributed by atoms with E-state index in [9.17, 15) is 18.0 Å². The highest BCUT2D eigenvalue weighted by Gasteiger charge is 2.34. The summed E-state index contributed by atoms with van der Waals surface area (Å²) in [6.07, 6.45) is -1.56. The molecule has 0 aliphatic heterocycles. The van der Waals surface area contributed by atoms with Gasteiger partial charge in [0.15, 0.2) is 0 Å². The Labute approximate surface area is 194 Å². The van der Waals surface area contributed by atoms with Crippen molar-refractivity contribution < 1.29 is 22.7 Å². The number of aromatic nitrogens is 1. The second-order valence-electron chi connectivity index (χ2n) is 8.12. The summed E-state index contributed by atoms with van der Waals surface area (Å²) in [6, 6.07) is 12.3. The number of carbonyl (C=O) groups is 1. The molecule has 2 aromatic carbocycles. The maximum Gasteiger partial charge on any atom is 0.433 e. The van der Waals surface area contributed by atoms with E-state index < -0.39 is 11.9 Å². The lowest BCUT2D eigenvalue weighted by Crippen LogP contribution is -2.41. The molecule has 0 saturated heterocycles. The topological polar surface area (TPSA) is 63.2 Å². The van der Waals surface area contributed by atoms with E-state index in [0.717, 1.165) is 25.3 Å². The van der Waals surface area contributed by atoms with Crippen molar-refractivity contribution in [3.05, 3.63) is 64.8 Å². The molecule has 1 aliphatic carbocycles. The van der Waals surface area contributed by atoms with Crippen molar-refractivity contribution in [1.29, 1.82) is 0 Å². The number of fused-ring (bicyclic) bond motifs is 1. The Balaban J connectivity index is 1.51. The van der Waals surface area contributed by atoms with Crippen LogP contribution < -0.4 is 15.4 Å². The Morgan fingerprint density at radius 2 is 1.82 bits per heavy atom. The number of ether oxygens (including phenoxy) is 1. The van der Waals surface area contributed by atoms with E-state index in [1.165, 1.54) is 12.1 Å². The van der Waals surface area contributed by atoms with E-state index >= 15 is 0 Å². The molecule has 4 rings (SSSR count). The van der Waals surface area contributed by atoms with Crippen LogP contribution in [0.25, 0.3) is 10.9 Å². The van der Waals surface area contributed by atoms with Crippen molar-refractivity contribution in [3.8, 4) is 5.75 Å². The van der Waals surface area contributed by atoms with Crippen LogP contribution in [0.5, 0.6) is 5.75 Å². The Bertz CT molecular complexity index is 1150. The van der Waals surface area contributed by atoms with Crippen LogP contribution in [-0.4, -0.2) is 30.1 Å². The molecule has 2 atom stereocenters. The van der Waals surface area contributed by atoms with Gasteiger partial charge in [0, 0.05) is 33.7 Å². The molecule has 3 aromatic rings. The minimum absolute atomic E-state index is 0.0929. The summed E-state index contributed by atoms with van der Waals surface area (Å²) in [7, 11) is 1.56. The summed E-state index contributed by atoms with van der Waals surface area (Å²) >= 11 is 6.09. The van der Waals surface area contributed by atoms with Crippen LogP contribution in [0.4, 0.5) is 18.9 Å². The fourth-order valence-corrected chi connectivity index (χ4v) is 4.32. The number of nitrogens with zero attached hydrogens (tertiary/aromatic N) is 1. The van der Waals surface area contributed by atoms with Crippen LogP contribution in [0, 0.1) is 0 Å². The third-order valence-corrected chi connectivity index (χ3v) is 6.02. The second-order valence-corrected chi connectivity index (χ2v) is 8.56. The molecule has 1 aromatic heterocycles. The van der Waals surface area contributed by atoms with Crippen molar-refractivity contribution in [2.24, 2.45) is 0 Å². The fourth-order valence-electron chi connectivity index (χ4n) is 4.15. The summed E-state index contributed by atoms with van der Waals surface area (Å²) in [5.41, 5.74) is 0.120. The van der Waals surface area contributed by atoms with Crippen LogP contribution in [0.3, 0.4) is 0 Å². The summed E-state index contributed by atoms with van der Waals surface area (Å²) in [5.74, 6) is 0.472. The maximum absolute atomic E-state index is 13.4. The van der Waals surface area contributed by atoms with Crippen molar-refractivity contribution in [2.75, 3.05) is 12.4 Å². The molecule has 0 radical (unpaired) electrons. The number of rotatable bonds is 5. The fraction of sp³-hybridized carbons (Fsp3) is 0.333. The van der Waals surface area contributed by atoms with Crippen LogP contribution in [0.15, 0.2) is 48.5 Å². The van der Waals surface area contributed by atoms with Crippen molar-refractivity contribution >= 4 is 34.1 Å². The molecule has 2 N–H and O–H groups in total. The Hall–Kier alpha value is -3.00. The minimum Gasteiger partial charge on any atom is -0.497 e. The van der Waals surface area contributed by atoms with Gasteiger partial charge >= 0.3 is 6.18 Å². The number of alkyl halides is 3.